The first kappa shape index (κ1) is 16.1. The summed E-state index contributed by atoms with van der Waals surface area (Å²) in [5, 5.41) is 4.12. The molecule has 0 N–H and O–H groups in total. The average molecular weight is 356 g/mol. The molecule has 1 aromatic carbocycles. The summed E-state index contributed by atoms with van der Waals surface area (Å²) in [5.41, 5.74) is 1.40. The largest absolute Gasteiger partial charge is 0.493 e. The van der Waals surface area contributed by atoms with Crippen LogP contribution in [0.3, 0.4) is 0 Å². The zero-order chi connectivity index (χ0) is 18.3. The molecule has 9 nitrogen and oxygen atoms in total. The highest BCUT2D eigenvalue weighted by molar-refractivity contribution is 5.89. The Bertz CT molecular complexity index is 991. The van der Waals surface area contributed by atoms with Crippen molar-refractivity contribution in [1.29, 1.82) is 0 Å². The summed E-state index contributed by atoms with van der Waals surface area (Å²) >= 11 is 0. The standard InChI is InChI=1S/C17H16N4O5/c1-9(22)16-18-7-21(20-16)6-12-10(2)26-17(19-12)11-4-13(23-3)15-14(5-11)24-8-25-15/h4-5,7H,6,8H2,1-3H3. The van der Waals surface area contributed by atoms with E-state index in [0.29, 0.717) is 46.7 Å². The summed E-state index contributed by atoms with van der Waals surface area (Å²) in [6.45, 7) is 3.73. The number of oxazole rings is 1. The molecule has 1 aliphatic heterocycles. The number of carbonyl (C=O) groups excluding carboxylic acids is 1. The Morgan fingerprint density at radius 3 is 2.92 bits per heavy atom. The number of carbonyl (C=O) groups is 1. The van der Waals surface area contributed by atoms with Crippen molar-refractivity contribution in [3.63, 3.8) is 0 Å². The summed E-state index contributed by atoms with van der Waals surface area (Å²) in [6.07, 6.45) is 1.49. The van der Waals surface area contributed by atoms with Gasteiger partial charge in [-0.1, -0.05) is 0 Å². The predicted molar refractivity (Wildman–Crippen MR) is 88.5 cm³/mol. The second-order valence-electron chi connectivity index (χ2n) is 5.76. The fourth-order valence-electron chi connectivity index (χ4n) is 2.64. The number of aryl methyl sites for hydroxylation is 1. The van der Waals surface area contributed by atoms with Crippen LogP contribution in [0.15, 0.2) is 22.9 Å². The van der Waals surface area contributed by atoms with Crippen LogP contribution in [-0.2, 0) is 6.54 Å². The van der Waals surface area contributed by atoms with Gasteiger partial charge >= 0.3 is 0 Å². The molecular formula is C17H16N4O5. The molecule has 0 aliphatic carbocycles. The highest BCUT2D eigenvalue weighted by Gasteiger charge is 2.23. The van der Waals surface area contributed by atoms with Crippen molar-refractivity contribution in [2.45, 2.75) is 20.4 Å². The molecule has 26 heavy (non-hydrogen) atoms. The Morgan fingerprint density at radius 2 is 2.19 bits per heavy atom. The predicted octanol–water partition coefficient (Wildman–Crippen LogP) is 2.23. The van der Waals surface area contributed by atoms with Crippen molar-refractivity contribution in [1.82, 2.24) is 19.7 Å². The van der Waals surface area contributed by atoms with Crippen molar-refractivity contribution < 1.29 is 23.4 Å². The number of hydrogen-bond donors (Lipinski definition) is 0. The quantitative estimate of drug-likeness (QED) is 0.641. The smallest absolute Gasteiger partial charge is 0.231 e. The Balaban J connectivity index is 1.65. The van der Waals surface area contributed by atoms with Gasteiger partial charge in [0.2, 0.25) is 24.3 Å². The molecule has 0 fully saturated rings. The third-order valence-electron chi connectivity index (χ3n) is 3.96. The van der Waals surface area contributed by atoms with E-state index in [2.05, 4.69) is 15.1 Å². The van der Waals surface area contributed by atoms with E-state index in [0.717, 1.165) is 0 Å². The number of nitrogens with zero attached hydrogens (tertiary/aromatic N) is 4. The van der Waals surface area contributed by atoms with Crippen LogP contribution in [0.2, 0.25) is 0 Å². The summed E-state index contributed by atoms with van der Waals surface area (Å²) < 4.78 is 23.5. The van der Waals surface area contributed by atoms with E-state index < -0.39 is 0 Å². The maximum Gasteiger partial charge on any atom is 0.231 e. The second kappa shape index (κ2) is 6.17. The first-order chi connectivity index (χ1) is 12.5. The van der Waals surface area contributed by atoms with Crippen LogP contribution in [0.4, 0.5) is 0 Å². The lowest BCUT2D eigenvalue weighted by Gasteiger charge is -2.06. The minimum atomic E-state index is -0.186. The highest BCUT2D eigenvalue weighted by Crippen LogP contribution is 2.44. The van der Waals surface area contributed by atoms with Crippen LogP contribution in [-0.4, -0.2) is 39.4 Å². The van der Waals surface area contributed by atoms with E-state index in [1.807, 2.05) is 6.92 Å². The van der Waals surface area contributed by atoms with E-state index in [1.165, 1.54) is 13.3 Å². The number of methoxy groups -OCH3 is 1. The van der Waals surface area contributed by atoms with Gasteiger partial charge in [0.25, 0.3) is 0 Å². The number of aromatic nitrogens is 4. The van der Waals surface area contributed by atoms with Gasteiger partial charge in [-0.25, -0.2) is 14.6 Å². The summed E-state index contributed by atoms with van der Waals surface area (Å²) in [4.78, 5) is 19.8. The molecular weight excluding hydrogens is 340 g/mol. The molecule has 0 bridgehead atoms. The lowest BCUT2D eigenvalue weighted by molar-refractivity contribution is 0.100. The molecule has 4 rings (SSSR count). The minimum absolute atomic E-state index is 0.149. The third-order valence-corrected chi connectivity index (χ3v) is 3.96. The van der Waals surface area contributed by atoms with E-state index in [-0.39, 0.29) is 18.4 Å². The summed E-state index contributed by atoms with van der Waals surface area (Å²) in [5.74, 6) is 2.77. The van der Waals surface area contributed by atoms with Crippen molar-refractivity contribution in [2.75, 3.05) is 13.9 Å². The van der Waals surface area contributed by atoms with E-state index in [9.17, 15) is 4.79 Å². The van der Waals surface area contributed by atoms with Gasteiger partial charge in [-0.3, -0.25) is 4.79 Å². The molecule has 0 saturated carbocycles. The first-order valence-corrected chi connectivity index (χ1v) is 7.90. The van der Waals surface area contributed by atoms with Crippen LogP contribution in [0.1, 0.15) is 29.0 Å². The maximum atomic E-state index is 11.3. The van der Waals surface area contributed by atoms with Crippen molar-refractivity contribution in [3.8, 4) is 28.7 Å². The fourth-order valence-corrected chi connectivity index (χ4v) is 2.64. The molecule has 0 unspecified atom stereocenters. The van der Waals surface area contributed by atoms with Crippen LogP contribution >= 0.6 is 0 Å². The lowest BCUT2D eigenvalue weighted by atomic mass is 10.2. The zero-order valence-electron chi connectivity index (χ0n) is 14.5. The number of fused-ring (bicyclic) bond motifs is 1. The number of ether oxygens (including phenoxy) is 3. The minimum Gasteiger partial charge on any atom is -0.493 e. The normalized spacial score (nSPS) is 12.4. The maximum absolute atomic E-state index is 11.3. The van der Waals surface area contributed by atoms with Gasteiger partial charge < -0.3 is 18.6 Å². The second-order valence-corrected chi connectivity index (χ2v) is 5.76. The number of benzene rings is 1. The van der Waals surface area contributed by atoms with Crippen LogP contribution < -0.4 is 14.2 Å². The molecule has 0 spiro atoms. The number of rotatable bonds is 5. The van der Waals surface area contributed by atoms with E-state index in [4.69, 9.17) is 18.6 Å². The number of hydrogen-bond acceptors (Lipinski definition) is 8. The van der Waals surface area contributed by atoms with Gasteiger partial charge in [-0.15, -0.1) is 5.10 Å². The average Bonchev–Trinajstić information content (AvgIpc) is 3.34. The van der Waals surface area contributed by atoms with E-state index >= 15 is 0 Å². The van der Waals surface area contributed by atoms with E-state index in [1.54, 1.807) is 23.9 Å². The highest BCUT2D eigenvalue weighted by atomic mass is 16.7. The Hall–Kier alpha value is -3.36. The summed E-state index contributed by atoms with van der Waals surface area (Å²) in [7, 11) is 1.56. The fraction of sp³-hybridized carbons (Fsp3) is 0.294. The third kappa shape index (κ3) is 2.77. The van der Waals surface area contributed by atoms with Crippen LogP contribution in [0.5, 0.6) is 17.2 Å². The Labute approximate surface area is 148 Å². The molecule has 9 heteroatoms. The number of Topliss-reactive ketones (excluding diaryl/α,β-unsaturated/α-hetero) is 1. The van der Waals surface area contributed by atoms with Gasteiger partial charge in [0.05, 0.1) is 13.7 Å². The van der Waals surface area contributed by atoms with Gasteiger partial charge in [0.15, 0.2) is 17.3 Å². The van der Waals surface area contributed by atoms with Crippen molar-refractivity contribution >= 4 is 5.78 Å². The molecule has 3 heterocycles. The van der Waals surface area contributed by atoms with Gasteiger partial charge in [0, 0.05) is 12.5 Å². The zero-order valence-corrected chi connectivity index (χ0v) is 14.5. The molecule has 134 valence electrons. The van der Waals surface area contributed by atoms with Gasteiger partial charge in [0.1, 0.15) is 17.8 Å². The molecule has 0 atom stereocenters. The Kier molecular flexibility index (Phi) is 3.83. The van der Waals surface area contributed by atoms with Gasteiger partial charge in [-0.05, 0) is 19.1 Å². The monoisotopic (exact) mass is 356 g/mol. The van der Waals surface area contributed by atoms with Crippen LogP contribution in [0.25, 0.3) is 11.5 Å². The van der Waals surface area contributed by atoms with Crippen LogP contribution in [0, 0.1) is 6.92 Å². The molecule has 0 radical (unpaired) electrons. The molecule has 2 aromatic heterocycles. The molecule has 0 amide bonds. The summed E-state index contributed by atoms with van der Waals surface area (Å²) in [6, 6.07) is 3.58. The number of ketones is 1. The Morgan fingerprint density at radius 1 is 1.35 bits per heavy atom. The molecule has 3 aromatic rings. The molecule has 0 saturated heterocycles. The first-order valence-electron chi connectivity index (χ1n) is 7.90. The van der Waals surface area contributed by atoms with Crippen molar-refractivity contribution in [3.05, 3.63) is 35.7 Å². The lowest BCUT2D eigenvalue weighted by Crippen LogP contribution is -2.04. The molecule has 1 aliphatic rings. The SMILES string of the molecule is COc1cc(-c2nc(Cn3cnc(C(C)=O)n3)c(C)o2)cc2c1OCO2. The van der Waals surface area contributed by atoms with Crippen molar-refractivity contribution in [2.24, 2.45) is 0 Å². The topological polar surface area (TPSA) is 102 Å². The van der Waals surface area contributed by atoms with Gasteiger partial charge in [-0.2, -0.15) is 0 Å².